The first-order valence-corrected chi connectivity index (χ1v) is 26.7. The summed E-state index contributed by atoms with van der Waals surface area (Å²) in [5.74, 6) is -0.564. The molecule has 5 aromatic rings. The second kappa shape index (κ2) is 21.9. The number of carbonyl (C=O) groups excluding carboxylic acids is 6. The molecule has 0 saturated carbocycles. The lowest BCUT2D eigenvalue weighted by Crippen LogP contribution is -2.58. The first-order chi connectivity index (χ1) is 35.4. The Morgan fingerprint density at radius 2 is 1.63 bits per heavy atom. The van der Waals surface area contributed by atoms with Crippen LogP contribution in [0, 0.1) is 11.8 Å². The van der Waals surface area contributed by atoms with Gasteiger partial charge in [0.1, 0.15) is 23.1 Å². The molecule has 382 valence electrons. The summed E-state index contributed by atoms with van der Waals surface area (Å²) < 4.78 is 13.6. The van der Waals surface area contributed by atoms with Crippen LogP contribution in [0.2, 0.25) is 5.02 Å². The Kier molecular flexibility index (Phi) is 15.0. The summed E-state index contributed by atoms with van der Waals surface area (Å²) in [6, 6.07) is 26.6. The number of para-hydroxylation sites is 1. The molecule has 18 heteroatoms. The van der Waals surface area contributed by atoms with Crippen molar-refractivity contribution in [3.05, 3.63) is 101 Å². The number of ether oxygens (including phenoxy) is 2. The summed E-state index contributed by atoms with van der Waals surface area (Å²) in [6.07, 6.45) is 5.16. The number of amides is 6. The largest absolute Gasteiger partial charge is 0.492 e. The molecule has 5 aliphatic heterocycles. The molecule has 4 fully saturated rings. The number of nitrogens with one attached hydrogen (secondary N) is 4. The van der Waals surface area contributed by atoms with E-state index in [-0.39, 0.29) is 86.2 Å². The summed E-state index contributed by atoms with van der Waals surface area (Å²) in [6.45, 7) is 5.76. The number of likely N-dealkylation sites (N-methyl/N-ethyl adjacent to an activating group) is 1. The average molecular weight is 1030 g/mol. The van der Waals surface area contributed by atoms with Gasteiger partial charge in [0.25, 0.3) is 5.91 Å². The second-order valence-corrected chi connectivity index (χ2v) is 21.3. The topological polar surface area (TPSA) is 192 Å². The fraction of sp³-hybridized carbons (Fsp3) is 0.436. The number of halogens is 1. The number of hydrogen-bond donors (Lipinski definition) is 4. The van der Waals surface area contributed by atoms with Gasteiger partial charge in [-0.05, 0) is 105 Å². The van der Waals surface area contributed by atoms with Crippen LogP contribution in [0.4, 0.5) is 11.4 Å². The van der Waals surface area contributed by atoms with E-state index in [9.17, 15) is 28.8 Å². The Hall–Kier alpha value is -6.56. The van der Waals surface area contributed by atoms with E-state index < -0.39 is 11.5 Å². The number of piperidine rings is 4. The number of fused-ring (bicyclic) bond motifs is 2. The van der Waals surface area contributed by atoms with Crippen LogP contribution in [-0.2, 0) is 28.8 Å². The van der Waals surface area contributed by atoms with Crippen LogP contribution >= 0.6 is 22.9 Å². The van der Waals surface area contributed by atoms with Crippen LogP contribution in [0.5, 0.6) is 11.5 Å². The van der Waals surface area contributed by atoms with Crippen LogP contribution < -0.4 is 35.6 Å². The van der Waals surface area contributed by atoms with Crippen molar-refractivity contribution >= 4 is 80.0 Å². The number of imide groups is 1. The SMILES string of the molecule is CNC(=O)C1(Oc2ccccc2-c2nc3cccc(Cl)c3s2)CCN(C(=O)[C@H]2CC(=O)Nc3cc(OCCNC(=O)C4CCN(CC5CCN(c6cccc(C7CCC(=O)NC7=O)c6)CC5)CC4)ccc32)CC1. The minimum Gasteiger partial charge on any atom is -0.492 e. The van der Waals surface area contributed by atoms with E-state index in [1.165, 1.54) is 11.3 Å². The van der Waals surface area contributed by atoms with Crippen LogP contribution in [0.25, 0.3) is 20.8 Å². The Bertz CT molecular complexity index is 2910. The Morgan fingerprint density at radius 1 is 0.849 bits per heavy atom. The predicted octanol–water partition coefficient (Wildman–Crippen LogP) is 6.87. The molecule has 4 saturated heterocycles. The van der Waals surface area contributed by atoms with Crippen molar-refractivity contribution in [1.82, 2.24) is 30.7 Å². The lowest BCUT2D eigenvalue weighted by molar-refractivity contribution is -0.147. The third-order valence-electron chi connectivity index (χ3n) is 15.3. The summed E-state index contributed by atoms with van der Waals surface area (Å²) >= 11 is 7.93. The van der Waals surface area contributed by atoms with E-state index in [0.717, 1.165) is 85.4 Å². The zero-order valence-electron chi connectivity index (χ0n) is 41.0. The van der Waals surface area contributed by atoms with E-state index in [1.807, 2.05) is 60.7 Å². The van der Waals surface area contributed by atoms with Gasteiger partial charge in [0.2, 0.25) is 29.5 Å². The number of rotatable bonds is 14. The maximum atomic E-state index is 14.2. The quantitative estimate of drug-likeness (QED) is 0.0671. The highest BCUT2D eigenvalue weighted by Crippen LogP contribution is 2.42. The van der Waals surface area contributed by atoms with Crippen LogP contribution in [0.3, 0.4) is 0 Å². The van der Waals surface area contributed by atoms with Crippen molar-refractivity contribution < 1.29 is 38.2 Å². The summed E-state index contributed by atoms with van der Waals surface area (Å²) in [5, 5.41) is 12.6. The number of anilines is 2. The molecule has 0 spiro atoms. The Morgan fingerprint density at radius 3 is 2.40 bits per heavy atom. The van der Waals surface area contributed by atoms with Gasteiger partial charge in [-0.25, -0.2) is 4.98 Å². The molecule has 73 heavy (non-hydrogen) atoms. The highest BCUT2D eigenvalue weighted by molar-refractivity contribution is 7.22. The Balaban J connectivity index is 0.667. The number of nitrogens with zero attached hydrogens (tertiary/aromatic N) is 4. The van der Waals surface area contributed by atoms with Gasteiger partial charge in [0.15, 0.2) is 5.60 Å². The maximum absolute atomic E-state index is 14.2. The van der Waals surface area contributed by atoms with E-state index in [4.69, 9.17) is 26.1 Å². The zero-order chi connectivity index (χ0) is 50.6. The van der Waals surface area contributed by atoms with Crippen LogP contribution in [0.1, 0.15) is 80.8 Å². The van der Waals surface area contributed by atoms with Crippen molar-refractivity contribution in [1.29, 1.82) is 0 Å². The number of thiazole rings is 1. The van der Waals surface area contributed by atoms with Gasteiger partial charge in [-0.3, -0.25) is 34.1 Å². The molecule has 10 rings (SSSR count). The van der Waals surface area contributed by atoms with Crippen LogP contribution in [0.15, 0.2) is 84.9 Å². The first-order valence-electron chi connectivity index (χ1n) is 25.5. The van der Waals surface area contributed by atoms with Crippen molar-refractivity contribution in [2.45, 2.75) is 75.2 Å². The third kappa shape index (κ3) is 11.0. The number of carbonyl (C=O) groups is 6. The standard InChI is InChI=1S/C55H61ClN8O8S/c1-57-54(70)55(72-46-11-3-2-8-41(46)52-60-44-10-5-9-43(56)49(44)73-52)20-27-64(28-21-55)53(69)42-32-48(66)59-45-31-38(12-13-40(42)45)71-29-22-58-50(67)35-18-23-62(24-19-35)33-34-16-25-63(26-17-34)37-7-4-6-36(30-37)39-14-15-47(65)61-51(39)68/h2-13,30-31,34-35,39,42H,14-29,32-33H2,1H3,(H,57,70)(H,58,67)(H,59,66)(H,61,65,68)/t39?,42-/m0/s1. The van der Waals surface area contributed by atoms with Crippen molar-refractivity contribution in [2.24, 2.45) is 11.8 Å². The maximum Gasteiger partial charge on any atom is 0.264 e. The van der Waals surface area contributed by atoms with Gasteiger partial charge >= 0.3 is 0 Å². The Labute approximate surface area is 433 Å². The summed E-state index contributed by atoms with van der Waals surface area (Å²) in [7, 11) is 1.58. The molecule has 1 aromatic heterocycles. The second-order valence-electron chi connectivity index (χ2n) is 19.9. The molecule has 2 atom stereocenters. The normalized spacial score (nSPS) is 20.7. The highest BCUT2D eigenvalue weighted by atomic mass is 35.5. The van der Waals surface area contributed by atoms with Crippen molar-refractivity contribution in [3.8, 4) is 22.1 Å². The zero-order valence-corrected chi connectivity index (χ0v) is 42.5. The van der Waals surface area contributed by atoms with Gasteiger partial charge in [0.05, 0.1) is 39.2 Å². The van der Waals surface area contributed by atoms with Gasteiger partial charge in [-0.15, -0.1) is 11.3 Å². The lowest BCUT2D eigenvalue weighted by atomic mass is 9.86. The smallest absolute Gasteiger partial charge is 0.264 e. The van der Waals surface area contributed by atoms with Gasteiger partial charge < -0.3 is 40.1 Å². The third-order valence-corrected chi connectivity index (χ3v) is 16.9. The van der Waals surface area contributed by atoms with E-state index in [0.29, 0.717) is 58.1 Å². The molecule has 6 amide bonds. The molecule has 0 bridgehead atoms. The molecular weight excluding hydrogens is 968 g/mol. The molecule has 6 heterocycles. The summed E-state index contributed by atoms with van der Waals surface area (Å²) in [5.41, 5.74) is 3.56. The highest BCUT2D eigenvalue weighted by Gasteiger charge is 2.46. The van der Waals surface area contributed by atoms with E-state index in [2.05, 4.69) is 43.2 Å². The van der Waals surface area contributed by atoms with Gasteiger partial charge in [-0.1, -0.05) is 48.0 Å². The molecule has 16 nitrogen and oxygen atoms in total. The lowest BCUT2D eigenvalue weighted by Gasteiger charge is -2.42. The molecular formula is C55H61ClN8O8S. The number of aromatic nitrogens is 1. The molecule has 5 aliphatic rings. The van der Waals surface area contributed by atoms with E-state index in [1.54, 1.807) is 24.1 Å². The van der Waals surface area contributed by atoms with Crippen molar-refractivity contribution in [2.75, 3.05) is 76.2 Å². The predicted molar refractivity (Wildman–Crippen MR) is 280 cm³/mol. The van der Waals surface area contributed by atoms with Crippen LogP contribution in [-0.4, -0.2) is 122 Å². The number of benzene rings is 4. The number of hydrogen-bond acceptors (Lipinski definition) is 12. The average Bonchev–Trinajstić information content (AvgIpc) is 3.86. The molecule has 0 radical (unpaired) electrons. The first kappa shape index (κ1) is 50.0. The fourth-order valence-electron chi connectivity index (χ4n) is 11.2. The van der Waals surface area contributed by atoms with Crippen molar-refractivity contribution in [3.63, 3.8) is 0 Å². The molecule has 4 aromatic carbocycles. The minimum atomic E-state index is -1.25. The van der Waals surface area contributed by atoms with Gasteiger partial charge in [-0.2, -0.15) is 0 Å². The van der Waals surface area contributed by atoms with E-state index >= 15 is 0 Å². The molecule has 1 unspecified atom stereocenters. The van der Waals surface area contributed by atoms with Gasteiger partial charge in [0, 0.05) is 88.8 Å². The fourth-order valence-corrected chi connectivity index (χ4v) is 12.5. The molecule has 4 N–H and O–H groups in total. The monoisotopic (exact) mass is 1030 g/mol. The minimum absolute atomic E-state index is 0.00408. The molecule has 0 aliphatic carbocycles. The summed E-state index contributed by atoms with van der Waals surface area (Å²) in [4.78, 5) is 89.7. The number of likely N-dealkylation sites (tertiary alicyclic amines) is 2.